The van der Waals surface area contributed by atoms with E-state index in [0.717, 1.165) is 23.5 Å². The number of para-hydroxylation sites is 1. The monoisotopic (exact) mass is 349 g/mol. The third kappa shape index (κ3) is 5.01. The van der Waals surface area contributed by atoms with Crippen molar-refractivity contribution < 1.29 is 13.9 Å². The van der Waals surface area contributed by atoms with E-state index in [4.69, 9.17) is 14.9 Å². The molecule has 1 unspecified atom stereocenters. The predicted octanol–water partition coefficient (Wildman–Crippen LogP) is 2.76. The van der Waals surface area contributed by atoms with Crippen molar-refractivity contribution in [3.8, 4) is 5.75 Å². The molecular formula is C17H23N3O3S. The summed E-state index contributed by atoms with van der Waals surface area (Å²) in [5, 5.41) is 2.82. The summed E-state index contributed by atoms with van der Waals surface area (Å²) in [5.74, 6) is 1.77. The summed E-state index contributed by atoms with van der Waals surface area (Å²) in [7, 11) is 0. The summed E-state index contributed by atoms with van der Waals surface area (Å²) in [6.45, 7) is 2.85. The number of nitrogens with zero attached hydrogens (tertiary/aromatic N) is 1. The van der Waals surface area contributed by atoms with Crippen molar-refractivity contribution in [1.82, 2.24) is 10.3 Å². The Labute approximate surface area is 146 Å². The maximum atomic E-state index is 12.2. The molecule has 0 aliphatic heterocycles. The van der Waals surface area contributed by atoms with Gasteiger partial charge in [0.1, 0.15) is 12.0 Å². The van der Waals surface area contributed by atoms with Gasteiger partial charge in [0, 0.05) is 12.1 Å². The third-order valence-corrected chi connectivity index (χ3v) is 4.06. The summed E-state index contributed by atoms with van der Waals surface area (Å²) < 4.78 is 10.9. The van der Waals surface area contributed by atoms with Crippen LogP contribution in [0.2, 0.25) is 0 Å². The number of thioether (sulfide) groups is 1. The van der Waals surface area contributed by atoms with Crippen LogP contribution in [-0.2, 0) is 6.54 Å². The highest BCUT2D eigenvalue weighted by Gasteiger charge is 2.17. The number of benzene rings is 1. The van der Waals surface area contributed by atoms with Crippen LogP contribution in [0.5, 0.6) is 5.75 Å². The fourth-order valence-electron chi connectivity index (χ4n) is 2.14. The summed E-state index contributed by atoms with van der Waals surface area (Å²) in [6.07, 6.45) is 4.11. The largest absolute Gasteiger partial charge is 0.494 e. The van der Waals surface area contributed by atoms with Crippen LogP contribution in [0.25, 0.3) is 0 Å². The molecular weight excluding hydrogens is 326 g/mol. The molecule has 3 N–H and O–H groups in total. The van der Waals surface area contributed by atoms with E-state index < -0.39 is 0 Å². The highest BCUT2D eigenvalue weighted by Crippen LogP contribution is 2.18. The van der Waals surface area contributed by atoms with Gasteiger partial charge in [0.15, 0.2) is 5.69 Å². The molecule has 0 fully saturated rings. The number of carbonyl (C=O) groups excluding carboxylic acids is 1. The number of nitrogens with two attached hydrogens (primary N) is 1. The molecule has 1 aromatic heterocycles. The lowest BCUT2D eigenvalue weighted by Crippen LogP contribution is -2.23. The normalized spacial score (nSPS) is 12.0. The minimum atomic E-state index is -0.298. The van der Waals surface area contributed by atoms with Gasteiger partial charge in [0.05, 0.1) is 12.6 Å². The second-order valence-electron chi connectivity index (χ2n) is 5.18. The first-order valence-corrected chi connectivity index (χ1v) is 9.24. The Morgan fingerprint density at radius 1 is 1.46 bits per heavy atom. The van der Waals surface area contributed by atoms with Crippen LogP contribution in [0, 0.1) is 0 Å². The molecule has 6 nitrogen and oxygen atoms in total. The van der Waals surface area contributed by atoms with Crippen molar-refractivity contribution in [2.75, 3.05) is 18.6 Å². The van der Waals surface area contributed by atoms with Crippen molar-refractivity contribution >= 4 is 17.7 Å². The number of aromatic nitrogens is 1. The molecule has 0 saturated carbocycles. The van der Waals surface area contributed by atoms with Gasteiger partial charge >= 0.3 is 0 Å². The molecule has 1 aromatic carbocycles. The van der Waals surface area contributed by atoms with Gasteiger partial charge in [-0.1, -0.05) is 18.2 Å². The van der Waals surface area contributed by atoms with Crippen LogP contribution >= 0.6 is 11.8 Å². The van der Waals surface area contributed by atoms with Gasteiger partial charge in [-0.3, -0.25) is 4.79 Å². The summed E-state index contributed by atoms with van der Waals surface area (Å²) in [6, 6.07) is 7.30. The zero-order chi connectivity index (χ0) is 17.4. The first-order chi connectivity index (χ1) is 11.7. The minimum Gasteiger partial charge on any atom is -0.494 e. The zero-order valence-electron chi connectivity index (χ0n) is 14.0. The van der Waals surface area contributed by atoms with Gasteiger partial charge in [-0.2, -0.15) is 11.8 Å². The highest BCUT2D eigenvalue weighted by molar-refractivity contribution is 7.98. The van der Waals surface area contributed by atoms with Crippen molar-refractivity contribution in [2.24, 2.45) is 5.73 Å². The van der Waals surface area contributed by atoms with Gasteiger partial charge in [-0.15, -0.1) is 0 Å². The summed E-state index contributed by atoms with van der Waals surface area (Å²) >= 11 is 1.71. The van der Waals surface area contributed by atoms with Crippen LogP contribution in [-0.4, -0.2) is 29.5 Å². The molecule has 2 rings (SSSR count). The fourth-order valence-corrected chi connectivity index (χ4v) is 2.63. The lowest BCUT2D eigenvalue weighted by atomic mass is 10.2. The number of nitrogens with one attached hydrogen (secondary N) is 1. The first-order valence-electron chi connectivity index (χ1n) is 7.84. The van der Waals surface area contributed by atoms with Gasteiger partial charge < -0.3 is 20.2 Å². The predicted molar refractivity (Wildman–Crippen MR) is 95.2 cm³/mol. The lowest BCUT2D eigenvalue weighted by molar-refractivity contribution is 0.0945. The Bertz CT molecular complexity index is 660. The maximum Gasteiger partial charge on any atom is 0.273 e. The van der Waals surface area contributed by atoms with E-state index in [9.17, 15) is 4.79 Å². The van der Waals surface area contributed by atoms with E-state index in [2.05, 4.69) is 10.3 Å². The molecule has 0 spiro atoms. The molecule has 0 saturated heterocycles. The topological polar surface area (TPSA) is 90.4 Å². The Kier molecular flexibility index (Phi) is 7.14. The summed E-state index contributed by atoms with van der Waals surface area (Å²) in [5.41, 5.74) is 7.14. The lowest BCUT2D eigenvalue weighted by Gasteiger charge is -2.10. The van der Waals surface area contributed by atoms with Crippen LogP contribution in [0.4, 0.5) is 0 Å². The molecule has 24 heavy (non-hydrogen) atoms. The molecule has 0 radical (unpaired) electrons. The molecule has 7 heteroatoms. The number of ether oxygens (including phenoxy) is 1. The van der Waals surface area contributed by atoms with E-state index in [1.807, 2.05) is 37.4 Å². The van der Waals surface area contributed by atoms with E-state index in [1.54, 1.807) is 11.8 Å². The van der Waals surface area contributed by atoms with E-state index >= 15 is 0 Å². The smallest absolute Gasteiger partial charge is 0.273 e. The van der Waals surface area contributed by atoms with Crippen LogP contribution in [0.15, 0.2) is 34.9 Å². The SMILES string of the molecule is CCOc1ccccc1CNC(=O)c1coc(C(N)CCSC)n1. The van der Waals surface area contributed by atoms with Gasteiger partial charge in [0.2, 0.25) is 5.89 Å². The molecule has 0 bridgehead atoms. The number of oxazole rings is 1. The summed E-state index contributed by atoms with van der Waals surface area (Å²) in [4.78, 5) is 16.4. The fraction of sp³-hybridized carbons (Fsp3) is 0.412. The quantitative estimate of drug-likeness (QED) is 0.723. The van der Waals surface area contributed by atoms with Crippen LogP contribution in [0.3, 0.4) is 0 Å². The number of rotatable bonds is 9. The Morgan fingerprint density at radius 3 is 3.00 bits per heavy atom. The van der Waals surface area contributed by atoms with Crippen molar-refractivity contribution in [3.63, 3.8) is 0 Å². The van der Waals surface area contributed by atoms with Crippen LogP contribution in [0.1, 0.15) is 41.3 Å². The molecule has 1 atom stereocenters. The Morgan fingerprint density at radius 2 is 2.25 bits per heavy atom. The van der Waals surface area contributed by atoms with E-state index in [-0.39, 0.29) is 17.6 Å². The molecule has 1 heterocycles. The van der Waals surface area contributed by atoms with Gasteiger partial charge in [-0.25, -0.2) is 4.98 Å². The second kappa shape index (κ2) is 9.34. The van der Waals surface area contributed by atoms with Gasteiger partial charge in [0.25, 0.3) is 5.91 Å². The molecule has 0 aliphatic rings. The Balaban J connectivity index is 1.95. The second-order valence-corrected chi connectivity index (χ2v) is 6.17. The molecule has 130 valence electrons. The molecule has 1 amide bonds. The highest BCUT2D eigenvalue weighted by atomic mass is 32.2. The van der Waals surface area contributed by atoms with Crippen LogP contribution < -0.4 is 15.8 Å². The Hall–Kier alpha value is -1.99. The molecule has 0 aliphatic carbocycles. The average Bonchev–Trinajstić information content (AvgIpc) is 3.09. The average molecular weight is 349 g/mol. The molecule has 2 aromatic rings. The number of hydrogen-bond donors (Lipinski definition) is 2. The standard InChI is InChI=1S/C17H23N3O3S/c1-3-22-15-7-5-4-6-12(15)10-19-16(21)14-11-23-17(20-14)13(18)8-9-24-2/h4-7,11,13H,3,8-10,18H2,1-2H3,(H,19,21). The minimum absolute atomic E-state index is 0.235. The van der Waals surface area contributed by atoms with E-state index in [1.165, 1.54) is 6.26 Å². The van der Waals surface area contributed by atoms with Crippen molar-refractivity contribution in [1.29, 1.82) is 0 Å². The maximum absolute atomic E-state index is 12.2. The van der Waals surface area contributed by atoms with Crippen molar-refractivity contribution in [2.45, 2.75) is 25.9 Å². The number of carbonyl (C=O) groups is 1. The number of hydrogen-bond acceptors (Lipinski definition) is 6. The first kappa shape index (κ1) is 18.4. The van der Waals surface area contributed by atoms with Gasteiger partial charge in [-0.05, 0) is 31.4 Å². The van der Waals surface area contributed by atoms with E-state index in [0.29, 0.717) is 19.0 Å². The number of amides is 1. The van der Waals surface area contributed by atoms with Crippen molar-refractivity contribution in [3.05, 3.63) is 47.7 Å². The zero-order valence-corrected chi connectivity index (χ0v) is 14.8. The third-order valence-electron chi connectivity index (χ3n) is 3.42.